The lowest BCUT2D eigenvalue weighted by atomic mass is 10.0. The molecule has 0 radical (unpaired) electrons. The summed E-state index contributed by atoms with van der Waals surface area (Å²) < 4.78 is 5.31. The van der Waals surface area contributed by atoms with E-state index in [9.17, 15) is 9.59 Å². The number of amides is 1. The van der Waals surface area contributed by atoms with Crippen LogP contribution in [-0.4, -0.2) is 41.1 Å². The van der Waals surface area contributed by atoms with E-state index in [-0.39, 0.29) is 16.8 Å². The molecule has 0 aromatic carbocycles. The van der Waals surface area contributed by atoms with E-state index in [4.69, 9.17) is 4.74 Å². The molecule has 112 valence electrons. The van der Waals surface area contributed by atoms with Crippen LogP contribution in [0.5, 0.6) is 0 Å². The lowest BCUT2D eigenvalue weighted by Crippen LogP contribution is -2.42. The van der Waals surface area contributed by atoms with Gasteiger partial charge in [0.15, 0.2) is 5.12 Å². The Labute approximate surface area is 121 Å². The monoisotopic (exact) mass is 289 g/mol. The highest BCUT2D eigenvalue weighted by Gasteiger charge is 2.25. The number of carbonyl (C=O) groups is 2. The van der Waals surface area contributed by atoms with E-state index in [1.54, 1.807) is 13.2 Å². The van der Waals surface area contributed by atoms with Crippen molar-refractivity contribution >= 4 is 23.0 Å². The van der Waals surface area contributed by atoms with E-state index < -0.39 is 0 Å². The Morgan fingerprint density at radius 3 is 2.21 bits per heavy atom. The number of nitrogens with zero attached hydrogens (tertiary/aromatic N) is 1. The molecule has 0 aliphatic carbocycles. The molecule has 1 fully saturated rings. The average Bonchev–Trinajstić information content (AvgIpc) is 2.27. The first-order valence-corrected chi connectivity index (χ1v) is 7.90. The summed E-state index contributed by atoms with van der Waals surface area (Å²) >= 11 is 1.24. The van der Waals surface area contributed by atoms with Crippen molar-refractivity contribution in [1.82, 2.24) is 4.90 Å². The molecule has 19 heavy (non-hydrogen) atoms. The molecule has 5 heteroatoms. The standard InChI is InChI=1S/C11H21NO2.C3H6OS/c1-9-6-5-7-12(8-9)10(13)14-11(2,3)4;1-3(4)5-2/h9H,5-8H2,1-4H3;1-2H3. The zero-order valence-corrected chi connectivity index (χ0v) is 13.8. The van der Waals surface area contributed by atoms with Gasteiger partial charge in [-0.2, -0.15) is 0 Å². The molecule has 0 bridgehead atoms. The number of rotatable bonds is 0. The van der Waals surface area contributed by atoms with Crippen molar-refractivity contribution in [2.45, 2.75) is 53.1 Å². The van der Waals surface area contributed by atoms with E-state index in [2.05, 4.69) is 6.92 Å². The topological polar surface area (TPSA) is 46.6 Å². The summed E-state index contributed by atoms with van der Waals surface area (Å²) in [6.45, 7) is 11.1. The third-order valence-electron chi connectivity index (χ3n) is 2.60. The number of thioether (sulfide) groups is 1. The highest BCUT2D eigenvalue weighted by molar-refractivity contribution is 8.12. The molecule has 0 N–H and O–H groups in total. The molecule has 1 rings (SSSR count). The molecular formula is C14H27NO3S. The van der Waals surface area contributed by atoms with Gasteiger partial charge in [-0.05, 0) is 45.8 Å². The molecule has 0 aromatic rings. The smallest absolute Gasteiger partial charge is 0.410 e. The van der Waals surface area contributed by atoms with Crippen LogP contribution < -0.4 is 0 Å². The Morgan fingerprint density at radius 1 is 1.32 bits per heavy atom. The number of hydrogen-bond acceptors (Lipinski definition) is 4. The van der Waals surface area contributed by atoms with Gasteiger partial charge in [0.05, 0.1) is 0 Å². The molecule has 0 saturated carbocycles. The summed E-state index contributed by atoms with van der Waals surface area (Å²) in [5.74, 6) is 0.608. The molecule has 4 nitrogen and oxygen atoms in total. The summed E-state index contributed by atoms with van der Waals surface area (Å²) in [7, 11) is 0. The van der Waals surface area contributed by atoms with Crippen LogP contribution in [0.4, 0.5) is 4.79 Å². The van der Waals surface area contributed by atoms with Crippen molar-refractivity contribution in [3.8, 4) is 0 Å². The highest BCUT2D eigenvalue weighted by atomic mass is 32.2. The third-order valence-corrected chi connectivity index (χ3v) is 3.17. The van der Waals surface area contributed by atoms with Gasteiger partial charge in [-0.1, -0.05) is 18.7 Å². The molecule has 1 aliphatic heterocycles. The molecule has 1 unspecified atom stereocenters. The number of ether oxygens (including phenoxy) is 1. The van der Waals surface area contributed by atoms with Crippen LogP contribution >= 0.6 is 11.8 Å². The second-order valence-corrected chi connectivity index (χ2v) is 6.85. The van der Waals surface area contributed by atoms with E-state index in [1.807, 2.05) is 25.7 Å². The second kappa shape index (κ2) is 8.46. The number of piperidine rings is 1. The predicted molar refractivity (Wildman–Crippen MR) is 80.4 cm³/mol. The number of carbonyl (C=O) groups excluding carboxylic acids is 2. The zero-order chi connectivity index (χ0) is 15.1. The fourth-order valence-corrected chi connectivity index (χ4v) is 1.68. The lowest BCUT2D eigenvalue weighted by Gasteiger charge is -2.32. The van der Waals surface area contributed by atoms with Crippen molar-refractivity contribution < 1.29 is 14.3 Å². The quantitative estimate of drug-likeness (QED) is 0.684. The van der Waals surface area contributed by atoms with Crippen molar-refractivity contribution in [3.05, 3.63) is 0 Å². The van der Waals surface area contributed by atoms with Gasteiger partial charge < -0.3 is 9.64 Å². The van der Waals surface area contributed by atoms with Gasteiger partial charge in [-0.15, -0.1) is 0 Å². The maximum absolute atomic E-state index is 11.7. The Bertz CT molecular complexity index is 300. The van der Waals surface area contributed by atoms with Crippen molar-refractivity contribution in [2.75, 3.05) is 19.3 Å². The Balaban J connectivity index is 0.000000555. The first-order chi connectivity index (χ1) is 8.65. The highest BCUT2D eigenvalue weighted by Crippen LogP contribution is 2.18. The summed E-state index contributed by atoms with van der Waals surface area (Å²) in [4.78, 5) is 23.3. The molecule has 1 saturated heterocycles. The van der Waals surface area contributed by atoms with Crippen LogP contribution in [0.15, 0.2) is 0 Å². The minimum absolute atomic E-state index is 0.163. The Hall–Kier alpha value is -0.710. The first-order valence-electron chi connectivity index (χ1n) is 6.68. The second-order valence-electron chi connectivity index (χ2n) is 5.87. The molecule has 0 aromatic heterocycles. The fourth-order valence-electron chi connectivity index (χ4n) is 1.68. The normalized spacial score (nSPS) is 19.3. The maximum Gasteiger partial charge on any atom is 0.410 e. The molecule has 1 aliphatic rings. The van der Waals surface area contributed by atoms with Crippen LogP contribution in [0, 0.1) is 5.92 Å². The Kier molecular flexibility index (Phi) is 8.14. The fraction of sp³-hybridized carbons (Fsp3) is 0.857. The van der Waals surface area contributed by atoms with Crippen LogP contribution in [0.3, 0.4) is 0 Å². The van der Waals surface area contributed by atoms with Crippen molar-refractivity contribution in [2.24, 2.45) is 5.92 Å². The van der Waals surface area contributed by atoms with Gasteiger partial charge in [0.1, 0.15) is 5.60 Å². The largest absolute Gasteiger partial charge is 0.444 e. The third kappa shape index (κ3) is 9.82. The van der Waals surface area contributed by atoms with Gasteiger partial charge in [0, 0.05) is 20.0 Å². The van der Waals surface area contributed by atoms with Crippen molar-refractivity contribution in [1.29, 1.82) is 0 Å². The van der Waals surface area contributed by atoms with Crippen LogP contribution in [0.25, 0.3) is 0 Å². The first kappa shape index (κ1) is 18.3. The molecule has 1 amide bonds. The number of hydrogen-bond donors (Lipinski definition) is 0. The maximum atomic E-state index is 11.7. The van der Waals surface area contributed by atoms with E-state index in [0.29, 0.717) is 5.92 Å². The van der Waals surface area contributed by atoms with Gasteiger partial charge in [0.2, 0.25) is 0 Å². The van der Waals surface area contributed by atoms with E-state index in [0.717, 1.165) is 19.5 Å². The summed E-state index contributed by atoms with van der Waals surface area (Å²) in [5, 5.41) is 0.171. The van der Waals surface area contributed by atoms with Crippen molar-refractivity contribution in [3.63, 3.8) is 0 Å². The number of likely N-dealkylation sites (tertiary alicyclic amines) is 1. The van der Waals surface area contributed by atoms with E-state index >= 15 is 0 Å². The van der Waals surface area contributed by atoms with Crippen LogP contribution in [-0.2, 0) is 9.53 Å². The summed E-state index contributed by atoms with van der Waals surface area (Å²) in [5.41, 5.74) is -0.377. The SMILES string of the molecule is CC1CCCN(C(=O)OC(C)(C)C)C1.CSC(C)=O. The average molecular weight is 289 g/mol. The molecular weight excluding hydrogens is 262 g/mol. The van der Waals surface area contributed by atoms with Crippen LogP contribution in [0.2, 0.25) is 0 Å². The van der Waals surface area contributed by atoms with Gasteiger partial charge in [-0.3, -0.25) is 4.79 Å². The van der Waals surface area contributed by atoms with Crippen LogP contribution in [0.1, 0.15) is 47.5 Å². The van der Waals surface area contributed by atoms with Gasteiger partial charge >= 0.3 is 6.09 Å². The van der Waals surface area contributed by atoms with Gasteiger partial charge in [0.25, 0.3) is 0 Å². The Morgan fingerprint density at radius 2 is 1.84 bits per heavy atom. The minimum Gasteiger partial charge on any atom is -0.444 e. The molecule has 1 atom stereocenters. The molecule has 0 spiro atoms. The van der Waals surface area contributed by atoms with Gasteiger partial charge in [-0.25, -0.2) is 4.79 Å². The summed E-state index contributed by atoms with van der Waals surface area (Å²) in [6.07, 6.45) is 3.92. The summed E-state index contributed by atoms with van der Waals surface area (Å²) in [6, 6.07) is 0. The zero-order valence-electron chi connectivity index (χ0n) is 13.0. The van der Waals surface area contributed by atoms with E-state index in [1.165, 1.54) is 18.2 Å². The minimum atomic E-state index is -0.377. The molecule has 1 heterocycles. The predicted octanol–water partition coefficient (Wildman–Crippen LogP) is 3.55. The lowest BCUT2D eigenvalue weighted by molar-refractivity contribution is -0.109.